The van der Waals surface area contributed by atoms with Crippen molar-refractivity contribution in [1.82, 2.24) is 9.97 Å². The van der Waals surface area contributed by atoms with E-state index in [-0.39, 0.29) is 17.4 Å². The lowest BCUT2D eigenvalue weighted by Gasteiger charge is -2.10. The number of anilines is 2. The summed E-state index contributed by atoms with van der Waals surface area (Å²) in [5.41, 5.74) is 2.37. The highest BCUT2D eigenvalue weighted by Crippen LogP contribution is 2.35. The molecule has 3 rings (SSSR count). The molecule has 1 aromatic heterocycles. The molecule has 8 heteroatoms. The van der Waals surface area contributed by atoms with E-state index >= 15 is 0 Å². The first-order valence-corrected chi connectivity index (χ1v) is 8.09. The lowest BCUT2D eigenvalue weighted by Crippen LogP contribution is -2.03. The van der Waals surface area contributed by atoms with Crippen LogP contribution in [0.5, 0.6) is 11.6 Å². The van der Waals surface area contributed by atoms with Crippen LogP contribution in [0.4, 0.5) is 17.2 Å². The zero-order chi connectivity index (χ0) is 18.7. The van der Waals surface area contributed by atoms with Gasteiger partial charge in [0.1, 0.15) is 12.1 Å². The van der Waals surface area contributed by atoms with Crippen molar-refractivity contribution in [2.75, 3.05) is 5.32 Å². The largest absolute Gasteiger partial charge is 0.434 e. The molecule has 7 nitrogen and oxygen atoms in total. The van der Waals surface area contributed by atoms with Crippen molar-refractivity contribution in [3.63, 3.8) is 0 Å². The van der Waals surface area contributed by atoms with Crippen LogP contribution in [-0.2, 0) is 0 Å². The van der Waals surface area contributed by atoms with Crippen LogP contribution in [0.3, 0.4) is 0 Å². The van der Waals surface area contributed by atoms with E-state index in [2.05, 4.69) is 15.3 Å². The molecule has 3 aromatic rings. The molecule has 132 valence electrons. The van der Waals surface area contributed by atoms with E-state index < -0.39 is 4.92 Å². The van der Waals surface area contributed by atoms with Gasteiger partial charge in [-0.15, -0.1) is 0 Å². The minimum Gasteiger partial charge on any atom is -0.434 e. The van der Waals surface area contributed by atoms with Gasteiger partial charge in [0.25, 0.3) is 0 Å². The van der Waals surface area contributed by atoms with Gasteiger partial charge in [0.2, 0.25) is 5.82 Å². The third-order valence-corrected chi connectivity index (χ3v) is 4.02. The van der Waals surface area contributed by atoms with Crippen LogP contribution in [0.25, 0.3) is 0 Å². The lowest BCUT2D eigenvalue weighted by molar-refractivity contribution is -0.385. The molecule has 1 heterocycles. The standard InChI is InChI=1S/C18H15ClN4O3/c1-11-3-8-15(9-12(11)2)26-18-16(23(24)25)17(20-10-21-18)22-14-6-4-13(19)5-7-14/h3-10H,1-2H3,(H,20,21,22). The molecule has 0 amide bonds. The number of nitrogens with one attached hydrogen (secondary N) is 1. The summed E-state index contributed by atoms with van der Waals surface area (Å²) in [5, 5.41) is 15.0. The normalized spacial score (nSPS) is 10.4. The quantitative estimate of drug-likeness (QED) is 0.491. The molecule has 26 heavy (non-hydrogen) atoms. The predicted molar refractivity (Wildman–Crippen MR) is 99.4 cm³/mol. The Morgan fingerprint density at radius 1 is 1.08 bits per heavy atom. The Bertz CT molecular complexity index is 961. The number of aromatic nitrogens is 2. The van der Waals surface area contributed by atoms with E-state index in [1.165, 1.54) is 6.33 Å². The maximum atomic E-state index is 11.6. The van der Waals surface area contributed by atoms with Gasteiger partial charge in [-0.3, -0.25) is 10.1 Å². The molecule has 0 aliphatic carbocycles. The molecule has 0 unspecified atom stereocenters. The van der Waals surface area contributed by atoms with E-state index in [1.807, 2.05) is 19.9 Å². The summed E-state index contributed by atoms with van der Waals surface area (Å²) >= 11 is 5.85. The van der Waals surface area contributed by atoms with E-state index in [9.17, 15) is 10.1 Å². The number of hydrogen-bond acceptors (Lipinski definition) is 6. The predicted octanol–water partition coefficient (Wildman–Crippen LogP) is 5.19. The topological polar surface area (TPSA) is 90.2 Å². The minimum absolute atomic E-state index is 0.0335. The van der Waals surface area contributed by atoms with Gasteiger partial charge >= 0.3 is 11.6 Å². The van der Waals surface area contributed by atoms with Crippen LogP contribution < -0.4 is 10.1 Å². The van der Waals surface area contributed by atoms with Crippen molar-refractivity contribution in [1.29, 1.82) is 0 Å². The molecular weight excluding hydrogens is 356 g/mol. The van der Waals surface area contributed by atoms with Crippen LogP contribution in [0.15, 0.2) is 48.8 Å². The smallest absolute Gasteiger partial charge is 0.373 e. The molecule has 0 aliphatic rings. The van der Waals surface area contributed by atoms with Crippen molar-refractivity contribution in [2.45, 2.75) is 13.8 Å². The number of rotatable bonds is 5. The summed E-state index contributed by atoms with van der Waals surface area (Å²) in [5.74, 6) is 0.364. The zero-order valence-corrected chi connectivity index (χ0v) is 14.8. The molecule has 0 saturated heterocycles. The summed E-state index contributed by atoms with van der Waals surface area (Å²) < 4.78 is 5.65. The number of benzene rings is 2. The van der Waals surface area contributed by atoms with E-state index in [4.69, 9.17) is 16.3 Å². The van der Waals surface area contributed by atoms with Gasteiger partial charge in [0.05, 0.1) is 4.92 Å². The van der Waals surface area contributed by atoms with Gasteiger partial charge in [-0.1, -0.05) is 17.7 Å². The summed E-state index contributed by atoms with van der Waals surface area (Å²) in [4.78, 5) is 18.9. The van der Waals surface area contributed by atoms with E-state index in [0.717, 1.165) is 11.1 Å². The molecule has 0 bridgehead atoms. The minimum atomic E-state index is -0.575. The molecular formula is C18H15ClN4O3. The highest BCUT2D eigenvalue weighted by Gasteiger charge is 2.25. The SMILES string of the molecule is Cc1ccc(Oc2ncnc(Nc3ccc(Cl)cc3)c2[N+](=O)[O-])cc1C. The molecule has 0 radical (unpaired) electrons. The fourth-order valence-electron chi connectivity index (χ4n) is 2.25. The molecule has 0 spiro atoms. The number of aryl methyl sites for hydroxylation is 2. The number of ether oxygens (including phenoxy) is 1. The van der Waals surface area contributed by atoms with E-state index in [0.29, 0.717) is 16.5 Å². The fraction of sp³-hybridized carbons (Fsp3) is 0.111. The fourth-order valence-corrected chi connectivity index (χ4v) is 2.38. The van der Waals surface area contributed by atoms with Crippen molar-refractivity contribution in [3.8, 4) is 11.6 Å². The number of nitrogens with zero attached hydrogens (tertiary/aromatic N) is 3. The highest BCUT2D eigenvalue weighted by molar-refractivity contribution is 6.30. The Kier molecular flexibility index (Phi) is 4.99. The summed E-state index contributed by atoms with van der Waals surface area (Å²) in [6, 6.07) is 12.1. The summed E-state index contributed by atoms with van der Waals surface area (Å²) in [6.45, 7) is 3.91. The molecule has 1 N–H and O–H groups in total. The van der Waals surface area contributed by atoms with Crippen LogP contribution in [0.1, 0.15) is 11.1 Å². The second kappa shape index (κ2) is 7.37. The third-order valence-electron chi connectivity index (χ3n) is 3.77. The highest BCUT2D eigenvalue weighted by atomic mass is 35.5. The first kappa shape index (κ1) is 17.6. The van der Waals surface area contributed by atoms with Gasteiger partial charge in [0, 0.05) is 10.7 Å². The van der Waals surface area contributed by atoms with Crippen LogP contribution in [-0.4, -0.2) is 14.9 Å². The molecule has 0 saturated carbocycles. The van der Waals surface area contributed by atoms with E-state index in [1.54, 1.807) is 36.4 Å². The Morgan fingerprint density at radius 2 is 1.81 bits per heavy atom. The second-order valence-electron chi connectivity index (χ2n) is 5.61. The number of halogens is 1. The summed E-state index contributed by atoms with van der Waals surface area (Å²) in [7, 11) is 0. The van der Waals surface area contributed by atoms with Gasteiger partial charge in [-0.2, -0.15) is 4.98 Å². The number of nitro groups is 1. The van der Waals surface area contributed by atoms with Gasteiger partial charge in [0.15, 0.2) is 0 Å². The number of hydrogen-bond donors (Lipinski definition) is 1. The van der Waals surface area contributed by atoms with Crippen molar-refractivity contribution >= 4 is 28.8 Å². The van der Waals surface area contributed by atoms with Crippen molar-refractivity contribution in [2.24, 2.45) is 0 Å². The third kappa shape index (κ3) is 3.89. The van der Waals surface area contributed by atoms with Crippen molar-refractivity contribution in [3.05, 3.63) is 75.1 Å². The van der Waals surface area contributed by atoms with Crippen LogP contribution in [0, 0.1) is 24.0 Å². The van der Waals surface area contributed by atoms with Crippen LogP contribution >= 0.6 is 11.6 Å². The molecule has 0 atom stereocenters. The molecule has 0 fully saturated rings. The second-order valence-corrected chi connectivity index (χ2v) is 6.05. The van der Waals surface area contributed by atoms with Crippen LogP contribution in [0.2, 0.25) is 5.02 Å². The maximum Gasteiger partial charge on any atom is 0.373 e. The van der Waals surface area contributed by atoms with Gasteiger partial charge in [-0.25, -0.2) is 4.98 Å². The summed E-state index contributed by atoms with van der Waals surface area (Å²) in [6.07, 6.45) is 1.21. The Labute approximate surface area is 154 Å². The van der Waals surface area contributed by atoms with Crippen molar-refractivity contribution < 1.29 is 9.66 Å². The Morgan fingerprint density at radius 3 is 2.46 bits per heavy atom. The van der Waals surface area contributed by atoms with Gasteiger partial charge < -0.3 is 10.1 Å². The Balaban J connectivity index is 1.96. The lowest BCUT2D eigenvalue weighted by atomic mass is 10.1. The Hall–Kier alpha value is -3.19. The average molecular weight is 371 g/mol. The van der Waals surface area contributed by atoms with Gasteiger partial charge in [-0.05, 0) is 61.4 Å². The first-order valence-electron chi connectivity index (χ1n) is 7.71. The zero-order valence-electron chi connectivity index (χ0n) is 14.1. The first-order chi connectivity index (χ1) is 12.4. The molecule has 2 aromatic carbocycles. The monoisotopic (exact) mass is 370 g/mol. The maximum absolute atomic E-state index is 11.6. The molecule has 0 aliphatic heterocycles. The average Bonchev–Trinajstić information content (AvgIpc) is 2.60.